The van der Waals surface area contributed by atoms with Gasteiger partial charge < -0.3 is 4.74 Å². The van der Waals surface area contributed by atoms with Crippen LogP contribution in [0.2, 0.25) is 0 Å². The van der Waals surface area contributed by atoms with E-state index in [4.69, 9.17) is 4.74 Å². The van der Waals surface area contributed by atoms with Crippen LogP contribution in [0.15, 0.2) is 40.6 Å². The number of carbonyl (C=O) groups excluding carboxylic acids is 1. The Hall–Kier alpha value is -2.24. The Kier molecular flexibility index (Phi) is 7.33. The fraction of sp³-hybridized carbons (Fsp3) is 0.294. The molecule has 0 aliphatic rings. The molecular formula is C17H20N2O6S3. The SMILES string of the molecule is CC(=O)OCCc1csc(NS(=O)(=O)CC=Cc2ccccc2S(C)(=O)=O)n1. The number of nitrogens with zero attached hydrogens (tertiary/aromatic N) is 1. The molecule has 1 aromatic carbocycles. The maximum atomic E-state index is 12.2. The first-order valence-corrected chi connectivity index (χ1v) is 12.5. The van der Waals surface area contributed by atoms with Crippen LogP contribution in [0, 0.1) is 0 Å². The fourth-order valence-corrected chi connectivity index (χ4v) is 5.00. The zero-order valence-electron chi connectivity index (χ0n) is 15.3. The number of hydrogen-bond acceptors (Lipinski definition) is 8. The summed E-state index contributed by atoms with van der Waals surface area (Å²) in [4.78, 5) is 15.0. The standard InChI is InChI=1S/C17H20N2O6S3/c1-13(20)25-10-9-15-12-26-17(18-15)19-28(23,24)11-5-7-14-6-3-4-8-16(14)27(2,21)22/h3-8,12H,9-11H2,1-2H3,(H,18,19). The third-order valence-corrected chi connectivity index (χ3v) is 6.63. The average molecular weight is 445 g/mol. The molecule has 8 nitrogen and oxygen atoms in total. The molecule has 152 valence electrons. The Morgan fingerprint density at radius 1 is 1.25 bits per heavy atom. The molecule has 0 bridgehead atoms. The van der Waals surface area contributed by atoms with Gasteiger partial charge in [-0.2, -0.15) is 0 Å². The predicted molar refractivity (Wildman–Crippen MR) is 108 cm³/mol. The highest BCUT2D eigenvalue weighted by Gasteiger charge is 2.13. The van der Waals surface area contributed by atoms with Crippen LogP contribution in [0.25, 0.3) is 6.08 Å². The normalized spacial score (nSPS) is 12.2. The average Bonchev–Trinajstić information content (AvgIpc) is 3.00. The van der Waals surface area contributed by atoms with Crippen LogP contribution >= 0.6 is 11.3 Å². The molecular weight excluding hydrogens is 424 g/mol. The minimum atomic E-state index is -3.70. The molecule has 11 heteroatoms. The second-order valence-electron chi connectivity index (χ2n) is 5.83. The second kappa shape index (κ2) is 9.30. The summed E-state index contributed by atoms with van der Waals surface area (Å²) in [6, 6.07) is 6.35. The lowest BCUT2D eigenvalue weighted by atomic mass is 10.2. The van der Waals surface area contributed by atoms with E-state index in [1.165, 1.54) is 25.1 Å². The van der Waals surface area contributed by atoms with Gasteiger partial charge in [0, 0.05) is 25.0 Å². The first kappa shape index (κ1) is 22.1. The van der Waals surface area contributed by atoms with Crippen LogP contribution in [0.3, 0.4) is 0 Å². The van der Waals surface area contributed by atoms with E-state index in [0.717, 1.165) is 17.6 Å². The Balaban J connectivity index is 1.99. The smallest absolute Gasteiger partial charge is 0.302 e. The highest BCUT2D eigenvalue weighted by Crippen LogP contribution is 2.19. The number of nitrogens with one attached hydrogen (secondary N) is 1. The first-order chi connectivity index (χ1) is 13.1. The number of esters is 1. The highest BCUT2D eigenvalue weighted by atomic mass is 32.2. The lowest BCUT2D eigenvalue weighted by Crippen LogP contribution is -2.15. The minimum Gasteiger partial charge on any atom is -0.465 e. The number of sulfone groups is 1. The van der Waals surface area contributed by atoms with Crippen LogP contribution < -0.4 is 4.72 Å². The number of carbonyl (C=O) groups is 1. The molecule has 2 rings (SSSR count). The summed E-state index contributed by atoms with van der Waals surface area (Å²) in [5, 5.41) is 1.89. The Labute approximate surface area is 168 Å². The van der Waals surface area contributed by atoms with Gasteiger partial charge in [-0.3, -0.25) is 9.52 Å². The molecule has 0 radical (unpaired) electrons. The number of aromatic nitrogens is 1. The van der Waals surface area contributed by atoms with Crippen molar-refractivity contribution in [1.29, 1.82) is 0 Å². The summed E-state index contributed by atoms with van der Waals surface area (Å²) < 4.78 is 55.1. The van der Waals surface area contributed by atoms with Crippen molar-refractivity contribution >= 4 is 48.4 Å². The lowest BCUT2D eigenvalue weighted by molar-refractivity contribution is -0.140. The van der Waals surface area contributed by atoms with Gasteiger partial charge in [0.15, 0.2) is 15.0 Å². The van der Waals surface area contributed by atoms with Gasteiger partial charge in [-0.1, -0.05) is 30.4 Å². The monoisotopic (exact) mass is 444 g/mol. The van der Waals surface area contributed by atoms with Crippen LogP contribution in [0.5, 0.6) is 0 Å². The molecule has 28 heavy (non-hydrogen) atoms. The molecule has 0 aliphatic heterocycles. The number of benzene rings is 1. The van der Waals surface area contributed by atoms with Gasteiger partial charge in [0.2, 0.25) is 10.0 Å². The minimum absolute atomic E-state index is 0.133. The molecule has 0 spiro atoms. The summed E-state index contributed by atoms with van der Waals surface area (Å²) in [5.41, 5.74) is 1.03. The van der Waals surface area contributed by atoms with Gasteiger partial charge in [-0.05, 0) is 11.6 Å². The molecule has 2 aromatic rings. The third kappa shape index (κ3) is 7.06. The second-order valence-corrected chi connectivity index (χ2v) is 10.4. The molecule has 0 amide bonds. The maximum absolute atomic E-state index is 12.2. The van der Waals surface area contributed by atoms with Crippen molar-refractivity contribution < 1.29 is 26.4 Å². The van der Waals surface area contributed by atoms with Crippen LogP contribution in [0.1, 0.15) is 18.2 Å². The molecule has 0 fully saturated rings. The van der Waals surface area contributed by atoms with Gasteiger partial charge in [0.05, 0.1) is 22.9 Å². The summed E-state index contributed by atoms with van der Waals surface area (Å²) >= 11 is 1.13. The zero-order valence-corrected chi connectivity index (χ0v) is 17.7. The van der Waals surface area contributed by atoms with E-state index >= 15 is 0 Å². The molecule has 0 atom stereocenters. The quantitative estimate of drug-likeness (QED) is 0.588. The zero-order chi connectivity index (χ0) is 20.8. The van der Waals surface area contributed by atoms with Gasteiger partial charge >= 0.3 is 5.97 Å². The number of sulfonamides is 1. The Bertz CT molecular complexity index is 1070. The van der Waals surface area contributed by atoms with Crippen molar-refractivity contribution in [2.75, 3.05) is 23.3 Å². The summed E-state index contributed by atoms with van der Waals surface area (Å²) in [6.45, 7) is 1.48. The molecule has 0 saturated heterocycles. The molecule has 1 N–H and O–H groups in total. The van der Waals surface area contributed by atoms with E-state index < -0.39 is 19.9 Å². The number of hydrogen-bond donors (Lipinski definition) is 1. The van der Waals surface area contributed by atoms with Crippen LogP contribution in [-0.2, 0) is 35.8 Å². The van der Waals surface area contributed by atoms with Gasteiger partial charge in [0.1, 0.15) is 0 Å². The number of anilines is 1. The highest BCUT2D eigenvalue weighted by molar-refractivity contribution is 7.93. The van der Waals surface area contributed by atoms with E-state index in [1.807, 2.05) is 0 Å². The van der Waals surface area contributed by atoms with E-state index in [2.05, 4.69) is 9.71 Å². The maximum Gasteiger partial charge on any atom is 0.302 e. The van der Waals surface area contributed by atoms with Crippen molar-refractivity contribution in [3.8, 4) is 0 Å². The number of ether oxygens (including phenoxy) is 1. The number of rotatable bonds is 9. The molecule has 0 aliphatic carbocycles. The Morgan fingerprint density at radius 2 is 1.96 bits per heavy atom. The molecule has 1 aromatic heterocycles. The molecule has 0 unspecified atom stereocenters. The van der Waals surface area contributed by atoms with E-state index in [9.17, 15) is 21.6 Å². The summed E-state index contributed by atoms with van der Waals surface area (Å²) in [7, 11) is -7.11. The Morgan fingerprint density at radius 3 is 2.64 bits per heavy atom. The van der Waals surface area contributed by atoms with Gasteiger partial charge in [-0.15, -0.1) is 11.3 Å². The molecule has 1 heterocycles. The largest absolute Gasteiger partial charge is 0.465 e. The van der Waals surface area contributed by atoms with Gasteiger partial charge in [-0.25, -0.2) is 21.8 Å². The third-order valence-electron chi connectivity index (χ3n) is 3.39. The lowest BCUT2D eigenvalue weighted by Gasteiger charge is -2.04. The van der Waals surface area contributed by atoms with Crippen LogP contribution in [0.4, 0.5) is 5.13 Å². The first-order valence-electron chi connectivity index (χ1n) is 8.11. The van der Waals surface area contributed by atoms with Crippen molar-refractivity contribution in [1.82, 2.24) is 4.98 Å². The molecule has 0 saturated carbocycles. The van der Waals surface area contributed by atoms with E-state index in [1.54, 1.807) is 23.6 Å². The van der Waals surface area contributed by atoms with Gasteiger partial charge in [0.25, 0.3) is 0 Å². The van der Waals surface area contributed by atoms with Crippen molar-refractivity contribution in [3.05, 3.63) is 47.0 Å². The van der Waals surface area contributed by atoms with Crippen molar-refractivity contribution in [2.45, 2.75) is 18.2 Å². The van der Waals surface area contributed by atoms with Crippen molar-refractivity contribution in [3.63, 3.8) is 0 Å². The summed E-state index contributed by atoms with van der Waals surface area (Å²) in [5.74, 6) is -0.728. The van der Waals surface area contributed by atoms with Crippen LogP contribution in [-0.4, -0.2) is 46.4 Å². The number of thiazole rings is 1. The predicted octanol–water partition coefficient (Wildman–Crippen LogP) is 2.11. The summed E-state index contributed by atoms with van der Waals surface area (Å²) in [6.07, 6.45) is 4.32. The van der Waals surface area contributed by atoms with Crippen molar-refractivity contribution in [2.24, 2.45) is 0 Å². The van der Waals surface area contributed by atoms with E-state index in [0.29, 0.717) is 17.7 Å². The van der Waals surface area contributed by atoms with E-state index in [-0.39, 0.29) is 28.4 Å². The topological polar surface area (TPSA) is 119 Å². The fourth-order valence-electron chi connectivity index (χ4n) is 2.20.